The van der Waals surface area contributed by atoms with Crippen LogP contribution < -0.4 is 5.73 Å². The summed E-state index contributed by atoms with van der Waals surface area (Å²) in [5.74, 6) is 0.515. The number of aryl methyl sites for hydroxylation is 1. The van der Waals surface area contributed by atoms with E-state index in [9.17, 15) is 0 Å². The molecule has 0 saturated carbocycles. The molecule has 0 aromatic carbocycles. The van der Waals surface area contributed by atoms with Gasteiger partial charge < -0.3 is 5.73 Å². The second-order valence-electron chi connectivity index (χ2n) is 4.61. The number of nitrogens with two attached hydrogens (primary N) is 1. The Balaban J connectivity index is 2.61. The minimum absolute atomic E-state index is 0.237. The molecule has 92 valence electrons. The largest absolute Gasteiger partial charge is 0.327 e. The maximum Gasteiger partial charge on any atom is 0.0817 e. The molecule has 1 aromatic heterocycles. The monoisotopic (exact) mass is 243 g/mol. The molecule has 3 nitrogen and oxygen atoms in total. The van der Waals surface area contributed by atoms with Gasteiger partial charge in [-0.2, -0.15) is 5.10 Å². The van der Waals surface area contributed by atoms with Crippen LogP contribution in [0.1, 0.15) is 39.3 Å². The fourth-order valence-electron chi connectivity index (χ4n) is 1.68. The molecule has 1 unspecified atom stereocenters. The molecule has 0 amide bonds. The van der Waals surface area contributed by atoms with E-state index in [1.807, 2.05) is 4.68 Å². The lowest BCUT2D eigenvalue weighted by molar-refractivity contribution is 0.454. The molecule has 1 rings (SSSR count). The van der Waals surface area contributed by atoms with Crippen LogP contribution in [0.5, 0.6) is 0 Å². The second kappa shape index (κ2) is 6.26. The molecule has 0 bridgehead atoms. The van der Waals surface area contributed by atoms with Crippen molar-refractivity contribution >= 4 is 11.6 Å². The van der Waals surface area contributed by atoms with Gasteiger partial charge in [0.1, 0.15) is 0 Å². The molecule has 0 aliphatic heterocycles. The predicted molar refractivity (Wildman–Crippen MR) is 68.7 cm³/mol. The van der Waals surface area contributed by atoms with Crippen molar-refractivity contribution in [2.45, 2.75) is 52.6 Å². The van der Waals surface area contributed by atoms with Crippen LogP contribution in [0, 0.1) is 5.92 Å². The van der Waals surface area contributed by atoms with E-state index in [2.05, 4.69) is 25.9 Å². The summed E-state index contributed by atoms with van der Waals surface area (Å²) >= 11 is 6.12. The Bertz CT molecular complexity index is 320. The maximum atomic E-state index is 6.12. The third kappa shape index (κ3) is 3.49. The van der Waals surface area contributed by atoms with Crippen molar-refractivity contribution in [3.8, 4) is 0 Å². The fraction of sp³-hybridized carbons (Fsp3) is 0.750. The average molecular weight is 244 g/mol. The Hall–Kier alpha value is -0.540. The molecule has 1 heterocycles. The minimum Gasteiger partial charge on any atom is -0.327 e. The Morgan fingerprint density at radius 2 is 2.19 bits per heavy atom. The lowest BCUT2D eigenvalue weighted by Gasteiger charge is -2.15. The molecule has 1 aromatic rings. The topological polar surface area (TPSA) is 43.8 Å². The first kappa shape index (κ1) is 13.5. The first-order chi connectivity index (χ1) is 7.56. The summed E-state index contributed by atoms with van der Waals surface area (Å²) < 4.78 is 2.00. The number of hydrogen-bond donors (Lipinski definition) is 1. The van der Waals surface area contributed by atoms with Crippen LogP contribution in [0.4, 0.5) is 0 Å². The maximum absolute atomic E-state index is 6.12. The number of nitrogens with zero attached hydrogens (tertiary/aromatic N) is 2. The van der Waals surface area contributed by atoms with Gasteiger partial charge in [0, 0.05) is 12.6 Å². The fourth-order valence-corrected chi connectivity index (χ4v) is 1.91. The number of aromatic nitrogens is 2. The summed E-state index contributed by atoms with van der Waals surface area (Å²) in [5.41, 5.74) is 7.16. The van der Waals surface area contributed by atoms with Gasteiger partial charge in [0.05, 0.1) is 16.9 Å². The van der Waals surface area contributed by atoms with Crippen molar-refractivity contribution in [2.24, 2.45) is 11.7 Å². The minimum atomic E-state index is 0.237. The third-order valence-electron chi connectivity index (χ3n) is 2.90. The van der Waals surface area contributed by atoms with Crippen molar-refractivity contribution in [1.82, 2.24) is 9.78 Å². The van der Waals surface area contributed by atoms with E-state index >= 15 is 0 Å². The van der Waals surface area contributed by atoms with E-state index in [0.717, 1.165) is 36.5 Å². The van der Waals surface area contributed by atoms with Crippen LogP contribution in [0.2, 0.25) is 5.02 Å². The van der Waals surface area contributed by atoms with Gasteiger partial charge >= 0.3 is 0 Å². The molecule has 2 N–H and O–H groups in total. The van der Waals surface area contributed by atoms with Gasteiger partial charge in [-0.25, -0.2) is 0 Å². The summed E-state index contributed by atoms with van der Waals surface area (Å²) in [5, 5.41) is 5.04. The van der Waals surface area contributed by atoms with Gasteiger partial charge in [-0.15, -0.1) is 0 Å². The zero-order valence-corrected chi connectivity index (χ0v) is 11.2. The SMILES string of the molecule is CCCn1ncc(Cl)c1CCC(N)C(C)C. The summed E-state index contributed by atoms with van der Waals surface area (Å²) in [4.78, 5) is 0. The Morgan fingerprint density at radius 3 is 2.75 bits per heavy atom. The average Bonchev–Trinajstić information content (AvgIpc) is 2.57. The highest BCUT2D eigenvalue weighted by Gasteiger charge is 2.12. The van der Waals surface area contributed by atoms with E-state index in [1.165, 1.54) is 0 Å². The van der Waals surface area contributed by atoms with Gasteiger partial charge in [0.2, 0.25) is 0 Å². The molecule has 0 aliphatic carbocycles. The molecule has 16 heavy (non-hydrogen) atoms. The number of rotatable bonds is 6. The van der Waals surface area contributed by atoms with Crippen LogP contribution in [0.3, 0.4) is 0 Å². The smallest absolute Gasteiger partial charge is 0.0817 e. The molecule has 0 spiro atoms. The van der Waals surface area contributed by atoms with E-state index in [-0.39, 0.29) is 6.04 Å². The van der Waals surface area contributed by atoms with Crippen molar-refractivity contribution in [3.05, 3.63) is 16.9 Å². The van der Waals surface area contributed by atoms with E-state index in [4.69, 9.17) is 17.3 Å². The first-order valence-electron chi connectivity index (χ1n) is 6.02. The summed E-state index contributed by atoms with van der Waals surface area (Å²) in [7, 11) is 0. The van der Waals surface area contributed by atoms with Gasteiger partial charge in [0.15, 0.2) is 0 Å². The zero-order chi connectivity index (χ0) is 12.1. The van der Waals surface area contributed by atoms with Gasteiger partial charge in [-0.05, 0) is 25.2 Å². The lowest BCUT2D eigenvalue weighted by atomic mass is 9.99. The Labute approximate surface area is 103 Å². The highest BCUT2D eigenvalue weighted by Crippen LogP contribution is 2.18. The highest BCUT2D eigenvalue weighted by atomic mass is 35.5. The van der Waals surface area contributed by atoms with Gasteiger partial charge in [0.25, 0.3) is 0 Å². The Morgan fingerprint density at radius 1 is 1.50 bits per heavy atom. The summed E-state index contributed by atoms with van der Waals surface area (Å²) in [6.45, 7) is 7.36. The highest BCUT2D eigenvalue weighted by molar-refractivity contribution is 6.31. The standard InChI is InChI=1S/C12H22ClN3/c1-4-7-16-12(10(13)8-15-16)6-5-11(14)9(2)3/h8-9,11H,4-7,14H2,1-3H3. The van der Waals surface area contributed by atoms with E-state index in [1.54, 1.807) is 6.20 Å². The molecular formula is C12H22ClN3. The number of halogens is 1. The zero-order valence-electron chi connectivity index (χ0n) is 10.4. The van der Waals surface area contributed by atoms with Crippen molar-refractivity contribution in [2.75, 3.05) is 0 Å². The van der Waals surface area contributed by atoms with Crippen molar-refractivity contribution in [1.29, 1.82) is 0 Å². The molecule has 4 heteroatoms. The van der Waals surface area contributed by atoms with Crippen molar-refractivity contribution < 1.29 is 0 Å². The molecule has 0 radical (unpaired) electrons. The summed E-state index contributed by atoms with van der Waals surface area (Å²) in [6, 6.07) is 0.237. The quantitative estimate of drug-likeness (QED) is 0.835. The van der Waals surface area contributed by atoms with Crippen LogP contribution in [-0.2, 0) is 13.0 Å². The molecule has 0 aliphatic rings. The van der Waals surface area contributed by atoms with Crippen LogP contribution in [0.25, 0.3) is 0 Å². The van der Waals surface area contributed by atoms with Gasteiger partial charge in [-0.3, -0.25) is 4.68 Å². The van der Waals surface area contributed by atoms with Crippen LogP contribution in [-0.4, -0.2) is 15.8 Å². The van der Waals surface area contributed by atoms with Crippen LogP contribution >= 0.6 is 11.6 Å². The molecule has 0 saturated heterocycles. The van der Waals surface area contributed by atoms with E-state index < -0.39 is 0 Å². The molecule has 1 atom stereocenters. The predicted octanol–water partition coefficient (Wildman–Crippen LogP) is 2.86. The summed E-state index contributed by atoms with van der Waals surface area (Å²) in [6.07, 6.45) is 4.68. The van der Waals surface area contributed by atoms with Crippen LogP contribution in [0.15, 0.2) is 6.20 Å². The normalized spacial score (nSPS) is 13.4. The second-order valence-corrected chi connectivity index (χ2v) is 5.02. The first-order valence-corrected chi connectivity index (χ1v) is 6.39. The molecular weight excluding hydrogens is 222 g/mol. The Kier molecular flexibility index (Phi) is 5.29. The van der Waals surface area contributed by atoms with Crippen molar-refractivity contribution in [3.63, 3.8) is 0 Å². The third-order valence-corrected chi connectivity index (χ3v) is 3.22. The molecule has 0 fully saturated rings. The van der Waals surface area contributed by atoms with Gasteiger partial charge in [-0.1, -0.05) is 32.4 Å². The number of hydrogen-bond acceptors (Lipinski definition) is 2. The van der Waals surface area contributed by atoms with E-state index in [0.29, 0.717) is 5.92 Å². The lowest BCUT2D eigenvalue weighted by Crippen LogP contribution is -2.27.